The Morgan fingerprint density at radius 3 is 2.61 bits per heavy atom. The normalized spacial score (nSPS) is 17.5. The van der Waals surface area contributed by atoms with Crippen LogP contribution in [0.4, 0.5) is 0 Å². The fraction of sp³-hybridized carbons (Fsp3) is 0.250. The third kappa shape index (κ3) is 2.39. The molecule has 2 nitrogen and oxygen atoms in total. The molecule has 0 aliphatic carbocycles. The molecule has 3 rings (SSSR count). The third-order valence-corrected chi connectivity index (χ3v) is 3.11. The monoisotopic (exact) mass is 240 g/mol. The topological polar surface area (TPSA) is 21.8 Å². The van der Waals surface area contributed by atoms with Crippen molar-refractivity contribution in [2.75, 3.05) is 13.2 Å². The summed E-state index contributed by atoms with van der Waals surface area (Å²) in [5, 5.41) is 0. The summed E-state index contributed by atoms with van der Waals surface area (Å²) >= 11 is 0. The molecule has 1 aliphatic rings. The van der Waals surface area contributed by atoms with Gasteiger partial charge in [0, 0.05) is 5.56 Å². The second-order valence-corrected chi connectivity index (χ2v) is 4.58. The molecule has 2 aromatic rings. The Morgan fingerprint density at radius 1 is 1.11 bits per heavy atom. The second kappa shape index (κ2) is 4.83. The lowest BCUT2D eigenvalue weighted by molar-refractivity contribution is 0.262. The minimum atomic E-state index is 0.285. The van der Waals surface area contributed by atoms with Gasteiger partial charge in [-0.1, -0.05) is 48.5 Å². The van der Waals surface area contributed by atoms with Gasteiger partial charge in [-0.2, -0.15) is 0 Å². The molecule has 2 heteroatoms. The van der Waals surface area contributed by atoms with Gasteiger partial charge in [-0.25, -0.2) is 0 Å². The summed E-state index contributed by atoms with van der Waals surface area (Å²) in [4.78, 5) is 0. The first-order valence-electron chi connectivity index (χ1n) is 6.24. The summed E-state index contributed by atoms with van der Waals surface area (Å²) in [5.74, 6) is 0.971. The molecule has 0 radical (unpaired) electrons. The Bertz CT molecular complexity index is 530. The number of hydrogen-bond acceptors (Lipinski definition) is 2. The quantitative estimate of drug-likeness (QED) is 0.764. The molecule has 0 saturated carbocycles. The first kappa shape index (κ1) is 11.3. The highest BCUT2D eigenvalue weighted by Crippen LogP contribution is 2.33. The standard InChI is InChI=1S/C16H16O2/c1-12-6-5-9-15(13-7-3-2-4-8-13)16(12)18-11-14-10-17-14/h2-9,14H,10-11H2,1H3. The van der Waals surface area contributed by atoms with Gasteiger partial charge in [-0.05, 0) is 18.1 Å². The average Bonchev–Trinajstić information content (AvgIpc) is 3.22. The Labute approximate surface area is 107 Å². The van der Waals surface area contributed by atoms with Gasteiger partial charge in [0.05, 0.1) is 6.61 Å². The van der Waals surface area contributed by atoms with Crippen molar-refractivity contribution in [1.82, 2.24) is 0 Å². The summed E-state index contributed by atoms with van der Waals surface area (Å²) < 4.78 is 11.1. The van der Waals surface area contributed by atoms with E-state index in [1.807, 2.05) is 18.2 Å². The minimum Gasteiger partial charge on any atom is -0.490 e. The maximum Gasteiger partial charge on any atom is 0.130 e. The van der Waals surface area contributed by atoms with E-state index in [1.165, 1.54) is 5.56 Å². The van der Waals surface area contributed by atoms with Gasteiger partial charge in [0.1, 0.15) is 18.5 Å². The van der Waals surface area contributed by atoms with Gasteiger partial charge in [0.2, 0.25) is 0 Å². The molecule has 0 aromatic heterocycles. The van der Waals surface area contributed by atoms with Crippen LogP contribution in [-0.4, -0.2) is 19.3 Å². The number of ether oxygens (including phenoxy) is 2. The molecule has 0 N–H and O–H groups in total. The van der Waals surface area contributed by atoms with Crippen LogP contribution in [-0.2, 0) is 4.74 Å². The largest absolute Gasteiger partial charge is 0.490 e. The Hall–Kier alpha value is -1.80. The van der Waals surface area contributed by atoms with E-state index < -0.39 is 0 Å². The fourth-order valence-corrected chi connectivity index (χ4v) is 2.03. The summed E-state index contributed by atoms with van der Waals surface area (Å²) in [6, 6.07) is 16.6. The van der Waals surface area contributed by atoms with Gasteiger partial charge >= 0.3 is 0 Å². The van der Waals surface area contributed by atoms with Crippen LogP contribution in [0.5, 0.6) is 5.75 Å². The van der Waals surface area contributed by atoms with Crippen LogP contribution >= 0.6 is 0 Å². The van der Waals surface area contributed by atoms with Gasteiger partial charge < -0.3 is 9.47 Å². The molecule has 2 aromatic carbocycles. The van der Waals surface area contributed by atoms with E-state index in [0.29, 0.717) is 6.61 Å². The molecule has 1 fully saturated rings. The lowest BCUT2D eigenvalue weighted by atomic mass is 10.0. The first-order valence-corrected chi connectivity index (χ1v) is 6.24. The molecule has 1 unspecified atom stereocenters. The minimum absolute atomic E-state index is 0.285. The predicted molar refractivity (Wildman–Crippen MR) is 71.9 cm³/mol. The molecule has 0 bridgehead atoms. The molecule has 1 saturated heterocycles. The van der Waals surface area contributed by atoms with Crippen molar-refractivity contribution in [3.63, 3.8) is 0 Å². The SMILES string of the molecule is Cc1cccc(-c2ccccc2)c1OCC1CO1. The molecule has 18 heavy (non-hydrogen) atoms. The van der Waals surface area contributed by atoms with Crippen molar-refractivity contribution in [3.05, 3.63) is 54.1 Å². The summed E-state index contributed by atoms with van der Waals surface area (Å²) in [6.45, 7) is 3.55. The first-order chi connectivity index (χ1) is 8.84. The van der Waals surface area contributed by atoms with Gasteiger partial charge in [-0.15, -0.1) is 0 Å². The van der Waals surface area contributed by atoms with Crippen molar-refractivity contribution in [2.45, 2.75) is 13.0 Å². The van der Waals surface area contributed by atoms with Gasteiger partial charge in [0.15, 0.2) is 0 Å². The summed E-state index contributed by atoms with van der Waals surface area (Å²) in [7, 11) is 0. The van der Waals surface area contributed by atoms with Crippen LogP contribution in [0.1, 0.15) is 5.56 Å². The van der Waals surface area contributed by atoms with Crippen LogP contribution in [0, 0.1) is 6.92 Å². The van der Waals surface area contributed by atoms with Crippen molar-refractivity contribution in [1.29, 1.82) is 0 Å². The molecule has 0 amide bonds. The number of benzene rings is 2. The second-order valence-electron chi connectivity index (χ2n) is 4.58. The zero-order valence-corrected chi connectivity index (χ0v) is 10.4. The average molecular weight is 240 g/mol. The number of hydrogen-bond donors (Lipinski definition) is 0. The van der Waals surface area contributed by atoms with Crippen LogP contribution in [0.2, 0.25) is 0 Å². The van der Waals surface area contributed by atoms with Gasteiger partial charge in [-0.3, -0.25) is 0 Å². The lowest BCUT2D eigenvalue weighted by Gasteiger charge is -2.13. The Kier molecular flexibility index (Phi) is 3.03. The van der Waals surface area contributed by atoms with Crippen LogP contribution in [0.25, 0.3) is 11.1 Å². The summed E-state index contributed by atoms with van der Waals surface area (Å²) in [6.07, 6.45) is 0.285. The third-order valence-electron chi connectivity index (χ3n) is 3.11. The van der Waals surface area contributed by atoms with Crippen LogP contribution in [0.3, 0.4) is 0 Å². The van der Waals surface area contributed by atoms with E-state index in [4.69, 9.17) is 9.47 Å². The highest BCUT2D eigenvalue weighted by molar-refractivity contribution is 5.71. The van der Waals surface area contributed by atoms with Crippen molar-refractivity contribution < 1.29 is 9.47 Å². The van der Waals surface area contributed by atoms with Crippen molar-refractivity contribution >= 4 is 0 Å². The van der Waals surface area contributed by atoms with Gasteiger partial charge in [0.25, 0.3) is 0 Å². The molecule has 1 heterocycles. The molecular weight excluding hydrogens is 224 g/mol. The predicted octanol–water partition coefficient (Wildman–Crippen LogP) is 3.44. The van der Waals surface area contributed by atoms with Crippen LogP contribution in [0.15, 0.2) is 48.5 Å². The van der Waals surface area contributed by atoms with E-state index in [1.54, 1.807) is 0 Å². The smallest absolute Gasteiger partial charge is 0.130 e. The zero-order chi connectivity index (χ0) is 12.4. The number of aryl methyl sites for hydroxylation is 1. The molecule has 1 aliphatic heterocycles. The molecule has 0 spiro atoms. The van der Waals surface area contributed by atoms with Crippen LogP contribution < -0.4 is 4.74 Å². The fourth-order valence-electron chi connectivity index (χ4n) is 2.03. The van der Waals surface area contributed by atoms with Crippen molar-refractivity contribution in [2.24, 2.45) is 0 Å². The number of epoxide rings is 1. The molecule has 92 valence electrons. The van der Waals surface area contributed by atoms with E-state index in [-0.39, 0.29) is 6.10 Å². The Morgan fingerprint density at radius 2 is 1.89 bits per heavy atom. The highest BCUT2D eigenvalue weighted by atomic mass is 16.6. The van der Waals surface area contributed by atoms with E-state index in [9.17, 15) is 0 Å². The van der Waals surface area contributed by atoms with E-state index in [2.05, 4.69) is 37.3 Å². The maximum atomic E-state index is 5.92. The lowest BCUT2D eigenvalue weighted by Crippen LogP contribution is -2.06. The molecular formula is C16H16O2. The van der Waals surface area contributed by atoms with E-state index >= 15 is 0 Å². The number of para-hydroxylation sites is 1. The van der Waals surface area contributed by atoms with E-state index in [0.717, 1.165) is 23.5 Å². The maximum absolute atomic E-state index is 5.92. The Balaban J connectivity index is 1.94. The number of rotatable bonds is 4. The molecule has 1 atom stereocenters. The highest BCUT2D eigenvalue weighted by Gasteiger charge is 2.24. The zero-order valence-electron chi connectivity index (χ0n) is 10.4. The summed E-state index contributed by atoms with van der Waals surface area (Å²) in [5.41, 5.74) is 3.50. The van der Waals surface area contributed by atoms with Crippen molar-refractivity contribution in [3.8, 4) is 16.9 Å².